The van der Waals surface area contributed by atoms with Crippen LogP contribution < -0.4 is 0 Å². The Morgan fingerprint density at radius 2 is 1.80 bits per heavy atom. The Morgan fingerprint density at radius 3 is 2.40 bits per heavy atom. The van der Waals surface area contributed by atoms with Crippen molar-refractivity contribution in [2.45, 2.75) is 39.3 Å². The maximum atomic E-state index is 12.7. The van der Waals surface area contributed by atoms with Crippen molar-refractivity contribution in [3.8, 4) is 10.6 Å². The Balaban J connectivity index is 1.80. The van der Waals surface area contributed by atoms with Crippen molar-refractivity contribution < 1.29 is 18.1 Å². The molecule has 30 heavy (non-hydrogen) atoms. The molecule has 0 aliphatic rings. The van der Waals surface area contributed by atoms with Crippen LogP contribution in [0.1, 0.15) is 40.4 Å². The molecule has 3 aromatic rings. The van der Waals surface area contributed by atoms with E-state index in [1.165, 1.54) is 23.5 Å². The highest BCUT2D eigenvalue weighted by atomic mass is 32.1. The zero-order chi connectivity index (χ0) is 21.9. The number of halogens is 3. The van der Waals surface area contributed by atoms with E-state index in [2.05, 4.69) is 11.1 Å². The molecule has 0 radical (unpaired) electrons. The summed E-state index contributed by atoms with van der Waals surface area (Å²) in [5.74, 6) is 0. The van der Waals surface area contributed by atoms with Gasteiger partial charge in [0.1, 0.15) is 5.01 Å². The van der Waals surface area contributed by atoms with Crippen LogP contribution in [0.2, 0.25) is 0 Å². The standard InChI is InChI=1S/C22H21F3N2O2S/c1-3-15-11-17(8-9-27(28)29)14(2)10-18(15)12-20-13-30-21(26-20)16-4-6-19(7-5-16)22(23,24)25/h4-7,10-11,13H,3,8-9,12H2,1-2H3. The lowest BCUT2D eigenvalue weighted by molar-refractivity contribution is -0.479. The molecule has 4 nitrogen and oxygen atoms in total. The van der Waals surface area contributed by atoms with Crippen LogP contribution in [-0.2, 0) is 25.4 Å². The number of nitro groups is 1. The maximum Gasteiger partial charge on any atom is 0.416 e. The van der Waals surface area contributed by atoms with Crippen LogP contribution in [0.25, 0.3) is 10.6 Å². The van der Waals surface area contributed by atoms with Crippen LogP contribution >= 0.6 is 11.3 Å². The molecule has 2 aromatic carbocycles. The van der Waals surface area contributed by atoms with Crippen molar-refractivity contribution in [1.29, 1.82) is 0 Å². The number of nitrogens with zero attached hydrogens (tertiary/aromatic N) is 2. The molecule has 3 rings (SSSR count). The minimum absolute atomic E-state index is 0.0914. The molecule has 0 unspecified atom stereocenters. The van der Waals surface area contributed by atoms with Gasteiger partial charge in [0.25, 0.3) is 0 Å². The summed E-state index contributed by atoms with van der Waals surface area (Å²) in [4.78, 5) is 15.0. The van der Waals surface area contributed by atoms with Crippen molar-refractivity contribution in [2.24, 2.45) is 0 Å². The van der Waals surface area contributed by atoms with Gasteiger partial charge in [-0.25, -0.2) is 4.98 Å². The Hall–Kier alpha value is -2.74. The summed E-state index contributed by atoms with van der Waals surface area (Å²) >= 11 is 1.40. The molecule has 1 heterocycles. The monoisotopic (exact) mass is 434 g/mol. The van der Waals surface area contributed by atoms with E-state index >= 15 is 0 Å². The summed E-state index contributed by atoms with van der Waals surface area (Å²) < 4.78 is 38.2. The number of aryl methyl sites for hydroxylation is 2. The van der Waals surface area contributed by atoms with E-state index in [4.69, 9.17) is 0 Å². The lowest BCUT2D eigenvalue weighted by atomic mass is 9.93. The fraction of sp³-hybridized carbons (Fsp3) is 0.318. The molecule has 0 atom stereocenters. The number of hydrogen-bond acceptors (Lipinski definition) is 4. The normalized spacial score (nSPS) is 11.6. The predicted molar refractivity (Wildman–Crippen MR) is 111 cm³/mol. The van der Waals surface area contributed by atoms with Gasteiger partial charge in [-0.2, -0.15) is 13.2 Å². The van der Waals surface area contributed by atoms with Crippen molar-refractivity contribution in [1.82, 2.24) is 4.98 Å². The molecular formula is C22H21F3N2O2S. The molecule has 8 heteroatoms. The number of thiazole rings is 1. The highest BCUT2D eigenvalue weighted by Gasteiger charge is 2.30. The third-order valence-electron chi connectivity index (χ3n) is 4.99. The molecule has 0 spiro atoms. The summed E-state index contributed by atoms with van der Waals surface area (Å²) in [6, 6.07) is 9.12. The Bertz CT molecular complexity index is 1040. The summed E-state index contributed by atoms with van der Waals surface area (Å²) in [5, 5.41) is 13.3. The van der Waals surface area contributed by atoms with E-state index in [-0.39, 0.29) is 11.5 Å². The zero-order valence-corrected chi connectivity index (χ0v) is 17.4. The lowest BCUT2D eigenvalue weighted by Crippen LogP contribution is -2.07. The van der Waals surface area contributed by atoms with Crippen LogP contribution in [0.4, 0.5) is 13.2 Å². The van der Waals surface area contributed by atoms with Crippen LogP contribution in [0, 0.1) is 17.0 Å². The molecule has 0 aliphatic heterocycles. The van der Waals surface area contributed by atoms with Gasteiger partial charge >= 0.3 is 6.18 Å². The Morgan fingerprint density at radius 1 is 1.10 bits per heavy atom. The third kappa shape index (κ3) is 5.24. The van der Waals surface area contributed by atoms with Crippen LogP contribution in [0.3, 0.4) is 0 Å². The zero-order valence-electron chi connectivity index (χ0n) is 16.6. The minimum atomic E-state index is -4.35. The first-order valence-corrected chi connectivity index (χ1v) is 10.4. The summed E-state index contributed by atoms with van der Waals surface area (Å²) in [7, 11) is 0. The van der Waals surface area contributed by atoms with E-state index in [9.17, 15) is 23.3 Å². The first-order chi connectivity index (χ1) is 14.2. The second-order valence-corrected chi connectivity index (χ2v) is 7.96. The van der Waals surface area contributed by atoms with Crippen molar-refractivity contribution in [2.75, 3.05) is 6.54 Å². The number of rotatable bonds is 7. The predicted octanol–water partition coefficient (Wildman–Crippen LogP) is 6.11. The van der Waals surface area contributed by atoms with Gasteiger partial charge in [0.15, 0.2) is 0 Å². The molecule has 0 saturated heterocycles. The van der Waals surface area contributed by atoms with E-state index < -0.39 is 11.7 Å². The molecule has 158 valence electrons. The summed E-state index contributed by atoms with van der Waals surface area (Å²) in [6.07, 6.45) is -2.54. The van der Waals surface area contributed by atoms with Gasteiger partial charge in [-0.15, -0.1) is 11.3 Å². The van der Waals surface area contributed by atoms with Gasteiger partial charge in [-0.3, -0.25) is 10.1 Å². The number of aromatic nitrogens is 1. The van der Waals surface area contributed by atoms with Gasteiger partial charge < -0.3 is 0 Å². The second kappa shape index (κ2) is 8.95. The summed E-state index contributed by atoms with van der Waals surface area (Å²) in [5.41, 5.74) is 5.07. The minimum Gasteiger partial charge on any atom is -0.265 e. The number of benzene rings is 2. The van der Waals surface area contributed by atoms with E-state index in [0.717, 1.165) is 46.5 Å². The van der Waals surface area contributed by atoms with Gasteiger partial charge in [0.05, 0.1) is 11.3 Å². The van der Waals surface area contributed by atoms with Gasteiger partial charge in [0.2, 0.25) is 6.54 Å². The van der Waals surface area contributed by atoms with Crippen molar-refractivity contribution >= 4 is 11.3 Å². The van der Waals surface area contributed by atoms with Crippen LogP contribution in [0.15, 0.2) is 41.8 Å². The second-order valence-electron chi connectivity index (χ2n) is 7.10. The van der Waals surface area contributed by atoms with Crippen LogP contribution in [-0.4, -0.2) is 16.5 Å². The molecule has 0 bridgehead atoms. The maximum absolute atomic E-state index is 12.7. The fourth-order valence-corrected chi connectivity index (χ4v) is 4.18. The topological polar surface area (TPSA) is 56.0 Å². The molecular weight excluding hydrogens is 413 g/mol. The smallest absolute Gasteiger partial charge is 0.265 e. The molecule has 0 saturated carbocycles. The Labute approximate surface area is 176 Å². The molecule has 0 N–H and O–H groups in total. The average Bonchev–Trinajstić information content (AvgIpc) is 3.15. The Kier molecular flexibility index (Phi) is 6.55. The first kappa shape index (κ1) is 22.0. The van der Waals surface area contributed by atoms with E-state index in [0.29, 0.717) is 23.4 Å². The molecule has 0 aliphatic carbocycles. The van der Waals surface area contributed by atoms with Gasteiger partial charge in [-0.05, 0) is 47.7 Å². The first-order valence-electron chi connectivity index (χ1n) is 9.52. The van der Waals surface area contributed by atoms with Crippen molar-refractivity contribution in [3.05, 3.63) is 85.4 Å². The quantitative estimate of drug-likeness (QED) is 0.333. The third-order valence-corrected chi connectivity index (χ3v) is 5.93. The SMILES string of the molecule is CCc1cc(CC[N+](=O)[O-])c(C)cc1Cc1csc(-c2ccc(C(F)(F)F)cc2)n1. The highest BCUT2D eigenvalue weighted by Crippen LogP contribution is 2.32. The largest absolute Gasteiger partial charge is 0.416 e. The fourth-order valence-electron chi connectivity index (χ4n) is 3.36. The number of hydrogen-bond donors (Lipinski definition) is 0. The summed E-state index contributed by atoms with van der Waals surface area (Å²) in [6.45, 7) is 3.90. The lowest BCUT2D eigenvalue weighted by Gasteiger charge is -2.12. The average molecular weight is 434 g/mol. The van der Waals surface area contributed by atoms with E-state index in [1.54, 1.807) is 0 Å². The van der Waals surface area contributed by atoms with Crippen molar-refractivity contribution in [3.63, 3.8) is 0 Å². The highest BCUT2D eigenvalue weighted by molar-refractivity contribution is 7.13. The number of alkyl halides is 3. The molecule has 0 amide bonds. The molecule has 1 aromatic heterocycles. The van der Waals surface area contributed by atoms with Crippen LogP contribution in [0.5, 0.6) is 0 Å². The van der Waals surface area contributed by atoms with Gasteiger partial charge in [-0.1, -0.05) is 31.2 Å². The molecule has 0 fully saturated rings. The van der Waals surface area contributed by atoms with Gasteiger partial charge in [0, 0.05) is 28.7 Å². The van der Waals surface area contributed by atoms with E-state index in [1.807, 2.05) is 25.3 Å².